The summed E-state index contributed by atoms with van der Waals surface area (Å²) in [7, 11) is 1.50. The highest BCUT2D eigenvalue weighted by atomic mass is 35.5. The molecule has 3 aromatic heterocycles. The van der Waals surface area contributed by atoms with Gasteiger partial charge in [-0.1, -0.05) is 18.0 Å². The largest absolute Gasteiger partial charge is 0.460 e. The third-order valence-corrected chi connectivity index (χ3v) is 9.94. The van der Waals surface area contributed by atoms with Crippen LogP contribution < -0.4 is 16.0 Å². The van der Waals surface area contributed by atoms with E-state index in [1.807, 2.05) is 0 Å². The molecule has 60 heavy (non-hydrogen) atoms. The summed E-state index contributed by atoms with van der Waals surface area (Å²) in [6, 6.07) is 2.85. The van der Waals surface area contributed by atoms with Crippen LogP contribution in [0.3, 0.4) is 0 Å². The Labute approximate surface area is 359 Å². The van der Waals surface area contributed by atoms with Crippen LogP contribution in [0.2, 0.25) is 5.02 Å². The molecule has 19 heteroatoms. The van der Waals surface area contributed by atoms with Gasteiger partial charge < -0.3 is 28.8 Å². The minimum atomic E-state index is -0.814. The maximum atomic E-state index is 14.0. The Hall–Kier alpha value is -5.10. The maximum Gasteiger partial charge on any atom is 0.414 e. The zero-order chi connectivity index (χ0) is 44.6. The zero-order valence-electron chi connectivity index (χ0n) is 36.0. The summed E-state index contributed by atoms with van der Waals surface area (Å²) in [5.74, 6) is -2.45. The summed E-state index contributed by atoms with van der Waals surface area (Å²) in [6.45, 7) is 16.0. The smallest absolute Gasteiger partial charge is 0.414 e. The van der Waals surface area contributed by atoms with Gasteiger partial charge in [-0.25, -0.2) is 19.6 Å². The molecule has 0 radical (unpaired) electrons. The van der Waals surface area contributed by atoms with E-state index in [0.717, 1.165) is 0 Å². The van der Waals surface area contributed by atoms with E-state index in [-0.39, 0.29) is 72.8 Å². The number of pyridine rings is 1. The number of fused-ring (bicyclic) bond motifs is 1. The Morgan fingerprint density at radius 2 is 1.52 bits per heavy atom. The number of Topliss-reactive ketones (excluding diaryl/α,β-unsaturated/α-hetero) is 1. The van der Waals surface area contributed by atoms with Crippen molar-refractivity contribution in [2.24, 2.45) is 16.8 Å². The van der Waals surface area contributed by atoms with Gasteiger partial charge in [0, 0.05) is 50.2 Å². The Morgan fingerprint density at radius 3 is 2.12 bits per heavy atom. The number of aliphatic imine (C=N–C) groups is 1. The zero-order valence-corrected chi connectivity index (χ0v) is 37.5. The van der Waals surface area contributed by atoms with Crippen LogP contribution in [0.25, 0.3) is 5.65 Å². The molecule has 0 spiro atoms. The number of hydrogen-bond donors (Lipinski definition) is 3. The van der Waals surface area contributed by atoms with E-state index in [2.05, 4.69) is 30.9 Å². The number of carbonyl (C=O) groups excluding carboxylic acids is 6. The number of guanidine groups is 1. The Kier molecular flexibility index (Phi) is 15.8. The van der Waals surface area contributed by atoms with Gasteiger partial charge in [-0.05, 0) is 99.6 Å². The lowest BCUT2D eigenvalue weighted by molar-refractivity contribution is -0.155. The van der Waals surface area contributed by atoms with Crippen LogP contribution in [0.4, 0.5) is 9.59 Å². The van der Waals surface area contributed by atoms with Crippen molar-refractivity contribution in [1.82, 2.24) is 35.2 Å². The van der Waals surface area contributed by atoms with Crippen molar-refractivity contribution in [3.63, 3.8) is 0 Å². The predicted octanol–water partition coefficient (Wildman–Crippen LogP) is 6.89. The monoisotopic (exact) mass is 872 g/mol. The number of carbonyl (C=O) groups is 6. The van der Waals surface area contributed by atoms with E-state index in [1.54, 1.807) is 102 Å². The van der Waals surface area contributed by atoms with Gasteiger partial charge in [-0.15, -0.1) is 11.3 Å². The van der Waals surface area contributed by atoms with E-state index in [0.29, 0.717) is 41.4 Å². The second kappa shape index (κ2) is 20.0. The molecule has 0 saturated carbocycles. The molecule has 1 fully saturated rings. The van der Waals surface area contributed by atoms with E-state index in [4.69, 9.17) is 25.8 Å². The van der Waals surface area contributed by atoms with Crippen molar-refractivity contribution >= 4 is 70.3 Å². The molecule has 17 nitrogen and oxygen atoms in total. The molecule has 1 aliphatic heterocycles. The van der Waals surface area contributed by atoms with Crippen molar-refractivity contribution in [3.05, 3.63) is 51.3 Å². The molecule has 4 amide bonds. The number of hydrogen-bond acceptors (Lipinski definition) is 13. The first kappa shape index (κ1) is 47.6. The summed E-state index contributed by atoms with van der Waals surface area (Å²) in [5.41, 5.74) is -1.34. The molecule has 0 aromatic carbocycles. The van der Waals surface area contributed by atoms with Crippen LogP contribution in [0, 0.1) is 11.8 Å². The Morgan fingerprint density at radius 1 is 0.883 bits per heavy atom. The Bertz CT molecular complexity index is 2050. The highest BCUT2D eigenvalue weighted by Gasteiger charge is 2.40. The molecule has 4 heterocycles. The molecule has 1 aliphatic rings. The number of rotatable bonds is 13. The molecular formula is C41H57ClN8O9S. The van der Waals surface area contributed by atoms with Crippen LogP contribution in [-0.4, -0.2) is 97.9 Å². The van der Waals surface area contributed by atoms with Gasteiger partial charge in [-0.3, -0.25) is 34.8 Å². The standard InChI is InChI=1S/C41H57ClN8O9S/c1-39(2,3)57-32(52)18-24-17-29(50(20-24)35(54)27-22-49-21-26(42)14-15-31(49)45-27)34-46-28(23-60-34)30(51)19-25(33(53)43-10)13-11-12-16-44-36(47-37(55)58-40(4,5)6)48-38(56)59-41(7,8)9/h14-15,21-25,29H,11-13,16-20H2,1-10H3,(H,43,53)(H2,44,47,48,55,56)/t24-,25+,29-/m0/s1. The number of alkyl carbamates (subject to hydrolysis) is 2. The number of nitrogens with one attached hydrogen (secondary N) is 3. The number of nitrogens with zero attached hydrogens (tertiary/aromatic N) is 5. The third kappa shape index (κ3) is 14.9. The number of amides is 4. The van der Waals surface area contributed by atoms with E-state index in [9.17, 15) is 28.8 Å². The molecule has 0 unspecified atom stereocenters. The molecular weight excluding hydrogens is 816 g/mol. The third-order valence-electron chi connectivity index (χ3n) is 8.77. The summed E-state index contributed by atoms with van der Waals surface area (Å²) in [6.07, 6.45) is 3.30. The molecule has 3 aromatic rings. The summed E-state index contributed by atoms with van der Waals surface area (Å²) < 4.78 is 17.8. The number of imidazole rings is 1. The van der Waals surface area contributed by atoms with Crippen molar-refractivity contribution in [1.29, 1.82) is 0 Å². The highest BCUT2D eigenvalue weighted by Crippen LogP contribution is 2.40. The van der Waals surface area contributed by atoms with Crippen LogP contribution in [0.15, 0.2) is 34.9 Å². The van der Waals surface area contributed by atoms with E-state index >= 15 is 0 Å². The number of ketones is 1. The minimum Gasteiger partial charge on any atom is -0.460 e. The van der Waals surface area contributed by atoms with Crippen LogP contribution in [0.1, 0.15) is 133 Å². The Balaban J connectivity index is 1.44. The second-order valence-electron chi connectivity index (χ2n) is 17.6. The van der Waals surface area contributed by atoms with E-state index < -0.39 is 40.9 Å². The van der Waals surface area contributed by atoms with Gasteiger partial charge in [0.15, 0.2) is 5.78 Å². The number of likely N-dealkylation sites (tertiary alicyclic amines) is 1. The quantitative estimate of drug-likeness (QED) is 0.0402. The number of halogens is 1. The first-order valence-electron chi connectivity index (χ1n) is 19.8. The second-order valence-corrected chi connectivity index (χ2v) is 18.9. The number of aromatic nitrogens is 3. The van der Waals surface area contributed by atoms with Crippen molar-refractivity contribution < 1.29 is 43.0 Å². The maximum absolute atomic E-state index is 14.0. The van der Waals surface area contributed by atoms with Gasteiger partial charge in [0.2, 0.25) is 11.9 Å². The minimum absolute atomic E-state index is 0.0937. The van der Waals surface area contributed by atoms with Gasteiger partial charge in [0.25, 0.3) is 5.91 Å². The van der Waals surface area contributed by atoms with Crippen molar-refractivity contribution in [2.45, 2.75) is 124 Å². The van der Waals surface area contributed by atoms with E-state index in [1.165, 1.54) is 18.4 Å². The van der Waals surface area contributed by atoms with Crippen molar-refractivity contribution in [2.75, 3.05) is 20.1 Å². The molecule has 0 bridgehead atoms. The number of esters is 1. The molecule has 3 atom stereocenters. The SMILES string of the molecule is CNC(=O)[C@H](CCCCN=C(NC(=O)OC(C)(C)C)NC(=O)OC(C)(C)C)CC(=O)c1csc([C@@H]2C[C@@H](CC(=O)OC(C)(C)C)CN2C(=O)c2cn3cc(Cl)ccc3n2)n1. The normalized spacial score (nSPS) is 16.1. The lowest BCUT2D eigenvalue weighted by Crippen LogP contribution is -2.47. The topological polar surface area (TPSA) is 212 Å². The molecule has 0 aliphatic carbocycles. The average molecular weight is 873 g/mol. The van der Waals surface area contributed by atoms with Crippen LogP contribution in [0.5, 0.6) is 0 Å². The lowest BCUT2D eigenvalue weighted by atomic mass is 9.94. The summed E-state index contributed by atoms with van der Waals surface area (Å²) in [5, 5.41) is 10.1. The average Bonchev–Trinajstić information content (AvgIpc) is 3.86. The molecule has 328 valence electrons. The van der Waals surface area contributed by atoms with Gasteiger partial charge in [0.05, 0.1) is 17.5 Å². The van der Waals surface area contributed by atoms with Crippen molar-refractivity contribution in [3.8, 4) is 0 Å². The van der Waals surface area contributed by atoms with Crippen LogP contribution in [-0.2, 0) is 23.8 Å². The number of ether oxygens (including phenoxy) is 3. The summed E-state index contributed by atoms with van der Waals surface area (Å²) >= 11 is 7.40. The van der Waals surface area contributed by atoms with Gasteiger partial charge in [0.1, 0.15) is 38.8 Å². The summed E-state index contributed by atoms with van der Waals surface area (Å²) in [4.78, 5) is 93.5. The number of thiazole rings is 1. The highest BCUT2D eigenvalue weighted by molar-refractivity contribution is 7.10. The first-order chi connectivity index (χ1) is 27.9. The molecule has 1 saturated heterocycles. The fourth-order valence-electron chi connectivity index (χ4n) is 6.39. The van der Waals surface area contributed by atoms with Crippen LogP contribution >= 0.6 is 22.9 Å². The fraction of sp³-hybridized carbons (Fsp3) is 0.585. The molecule has 3 N–H and O–H groups in total. The van der Waals surface area contributed by atoms with Gasteiger partial charge in [-0.2, -0.15) is 0 Å². The fourth-order valence-corrected chi connectivity index (χ4v) is 7.51. The van der Waals surface area contributed by atoms with Gasteiger partial charge >= 0.3 is 18.2 Å². The lowest BCUT2D eigenvalue weighted by Gasteiger charge is -2.22. The molecule has 4 rings (SSSR count). The first-order valence-corrected chi connectivity index (χ1v) is 21.1. The number of unbranched alkanes of at least 4 members (excludes halogenated alkanes) is 1. The predicted molar refractivity (Wildman–Crippen MR) is 226 cm³/mol.